The Morgan fingerprint density at radius 1 is 1.35 bits per heavy atom. The molecule has 1 aromatic carbocycles. The van der Waals surface area contributed by atoms with E-state index < -0.39 is 27.6 Å². The molecule has 0 aliphatic carbocycles. The SMILES string of the molecule is CC(CCNC(=O)c1cccc(S(C)(=O)=O)c1)C(=O)O. The molecule has 1 unspecified atom stereocenters. The van der Waals surface area contributed by atoms with Crippen molar-refractivity contribution in [2.75, 3.05) is 12.8 Å². The molecule has 1 atom stereocenters. The van der Waals surface area contributed by atoms with Crippen LogP contribution in [-0.2, 0) is 14.6 Å². The molecule has 0 saturated carbocycles. The molecule has 110 valence electrons. The number of aliphatic carboxylic acids is 1. The quantitative estimate of drug-likeness (QED) is 0.814. The number of carbonyl (C=O) groups excluding carboxylic acids is 1. The summed E-state index contributed by atoms with van der Waals surface area (Å²) in [6.07, 6.45) is 1.38. The first-order valence-electron chi connectivity index (χ1n) is 6.03. The van der Waals surface area contributed by atoms with E-state index in [-0.39, 0.29) is 17.0 Å². The van der Waals surface area contributed by atoms with Gasteiger partial charge in [0.15, 0.2) is 9.84 Å². The van der Waals surface area contributed by atoms with Crippen molar-refractivity contribution in [3.63, 3.8) is 0 Å². The van der Waals surface area contributed by atoms with Crippen molar-refractivity contribution in [2.45, 2.75) is 18.2 Å². The highest BCUT2D eigenvalue weighted by Crippen LogP contribution is 2.11. The molecule has 1 amide bonds. The summed E-state index contributed by atoms with van der Waals surface area (Å²) < 4.78 is 22.8. The minimum Gasteiger partial charge on any atom is -0.481 e. The van der Waals surface area contributed by atoms with Crippen LogP contribution in [0.3, 0.4) is 0 Å². The Morgan fingerprint density at radius 2 is 2.00 bits per heavy atom. The fraction of sp³-hybridized carbons (Fsp3) is 0.385. The summed E-state index contributed by atoms with van der Waals surface area (Å²) in [6, 6.07) is 5.71. The van der Waals surface area contributed by atoms with Crippen LogP contribution in [-0.4, -0.2) is 38.2 Å². The number of sulfone groups is 1. The van der Waals surface area contributed by atoms with Crippen molar-refractivity contribution >= 4 is 21.7 Å². The first-order chi connectivity index (χ1) is 9.21. The van der Waals surface area contributed by atoms with Crippen LogP contribution in [0.15, 0.2) is 29.2 Å². The van der Waals surface area contributed by atoms with Gasteiger partial charge in [0.25, 0.3) is 5.91 Å². The fourth-order valence-corrected chi connectivity index (χ4v) is 2.16. The number of rotatable bonds is 6. The first-order valence-corrected chi connectivity index (χ1v) is 7.92. The van der Waals surface area contributed by atoms with Crippen LogP contribution in [0.25, 0.3) is 0 Å². The van der Waals surface area contributed by atoms with Gasteiger partial charge in [0.2, 0.25) is 0 Å². The highest BCUT2D eigenvalue weighted by atomic mass is 32.2. The third-order valence-electron chi connectivity index (χ3n) is 2.81. The number of carboxylic acid groups (broad SMARTS) is 1. The molecule has 2 N–H and O–H groups in total. The van der Waals surface area contributed by atoms with E-state index >= 15 is 0 Å². The summed E-state index contributed by atoms with van der Waals surface area (Å²) in [5.74, 6) is -1.89. The van der Waals surface area contributed by atoms with Crippen LogP contribution >= 0.6 is 0 Å². The number of amides is 1. The van der Waals surface area contributed by atoms with Crippen molar-refractivity contribution in [1.29, 1.82) is 0 Å². The molecule has 0 saturated heterocycles. The molecule has 0 bridgehead atoms. The number of carbonyl (C=O) groups is 2. The average molecular weight is 299 g/mol. The predicted molar refractivity (Wildman–Crippen MR) is 73.3 cm³/mol. The van der Waals surface area contributed by atoms with Gasteiger partial charge in [-0.05, 0) is 24.6 Å². The van der Waals surface area contributed by atoms with E-state index in [1.165, 1.54) is 24.3 Å². The summed E-state index contributed by atoms with van der Waals surface area (Å²) in [4.78, 5) is 22.5. The molecule has 6 nitrogen and oxygen atoms in total. The Labute approximate surface area is 117 Å². The van der Waals surface area contributed by atoms with Crippen molar-refractivity contribution in [3.05, 3.63) is 29.8 Å². The van der Waals surface area contributed by atoms with Crippen molar-refractivity contribution < 1.29 is 23.1 Å². The molecule has 0 radical (unpaired) electrons. The summed E-state index contributed by atoms with van der Waals surface area (Å²) in [5, 5.41) is 11.3. The normalized spacial score (nSPS) is 12.7. The van der Waals surface area contributed by atoms with Gasteiger partial charge in [0.1, 0.15) is 0 Å². The second-order valence-electron chi connectivity index (χ2n) is 4.58. The lowest BCUT2D eigenvalue weighted by atomic mass is 10.1. The topological polar surface area (TPSA) is 101 Å². The van der Waals surface area contributed by atoms with Gasteiger partial charge in [-0.2, -0.15) is 0 Å². The van der Waals surface area contributed by atoms with Gasteiger partial charge in [0, 0.05) is 18.4 Å². The van der Waals surface area contributed by atoms with Crippen LogP contribution in [0.2, 0.25) is 0 Å². The van der Waals surface area contributed by atoms with Crippen LogP contribution in [0, 0.1) is 5.92 Å². The van der Waals surface area contributed by atoms with Crippen LogP contribution < -0.4 is 5.32 Å². The number of benzene rings is 1. The summed E-state index contributed by atoms with van der Waals surface area (Å²) in [7, 11) is -3.36. The van der Waals surface area contributed by atoms with Gasteiger partial charge >= 0.3 is 5.97 Å². The smallest absolute Gasteiger partial charge is 0.306 e. The predicted octanol–water partition coefficient (Wildman–Crippen LogP) is 0.931. The number of nitrogens with one attached hydrogen (secondary N) is 1. The zero-order valence-corrected chi connectivity index (χ0v) is 12.1. The third kappa shape index (κ3) is 4.65. The van der Waals surface area contributed by atoms with Crippen LogP contribution in [0.1, 0.15) is 23.7 Å². The molecule has 0 aliphatic heterocycles. The maximum absolute atomic E-state index is 11.8. The zero-order chi connectivity index (χ0) is 15.3. The number of carboxylic acids is 1. The Kier molecular flexibility index (Phi) is 5.26. The lowest BCUT2D eigenvalue weighted by Gasteiger charge is -2.08. The van der Waals surface area contributed by atoms with E-state index in [0.717, 1.165) is 6.26 Å². The number of hydrogen-bond acceptors (Lipinski definition) is 4. The Morgan fingerprint density at radius 3 is 2.55 bits per heavy atom. The van der Waals surface area contributed by atoms with E-state index in [2.05, 4.69) is 5.32 Å². The van der Waals surface area contributed by atoms with Crippen LogP contribution in [0.4, 0.5) is 0 Å². The van der Waals surface area contributed by atoms with Gasteiger partial charge in [-0.25, -0.2) is 8.42 Å². The lowest BCUT2D eigenvalue weighted by Crippen LogP contribution is -2.27. The van der Waals surface area contributed by atoms with Gasteiger partial charge in [-0.1, -0.05) is 13.0 Å². The summed E-state index contributed by atoms with van der Waals surface area (Å²) in [5.41, 5.74) is 0.232. The standard InChI is InChI=1S/C13H17NO5S/c1-9(13(16)17)6-7-14-12(15)10-4-3-5-11(8-10)20(2,18)19/h3-5,8-9H,6-7H2,1-2H3,(H,14,15)(H,16,17). The molecular formula is C13H17NO5S. The van der Waals surface area contributed by atoms with E-state index in [4.69, 9.17) is 5.11 Å². The molecule has 0 heterocycles. The van der Waals surface area contributed by atoms with Gasteiger partial charge in [-0.3, -0.25) is 9.59 Å². The van der Waals surface area contributed by atoms with Crippen LogP contribution in [0.5, 0.6) is 0 Å². The van der Waals surface area contributed by atoms with E-state index in [1.807, 2.05) is 0 Å². The molecule has 0 fully saturated rings. The highest BCUT2D eigenvalue weighted by Gasteiger charge is 2.13. The molecule has 1 rings (SSSR count). The molecular weight excluding hydrogens is 282 g/mol. The van der Waals surface area contributed by atoms with Gasteiger partial charge < -0.3 is 10.4 Å². The molecule has 0 aliphatic rings. The Bertz CT molecular complexity index is 609. The van der Waals surface area contributed by atoms with Gasteiger partial charge in [0.05, 0.1) is 10.8 Å². The van der Waals surface area contributed by atoms with E-state index in [9.17, 15) is 18.0 Å². The molecule has 20 heavy (non-hydrogen) atoms. The minimum absolute atomic E-state index is 0.0732. The molecule has 0 aromatic heterocycles. The third-order valence-corrected chi connectivity index (χ3v) is 3.92. The maximum Gasteiger partial charge on any atom is 0.306 e. The van der Waals surface area contributed by atoms with E-state index in [1.54, 1.807) is 6.92 Å². The Balaban J connectivity index is 2.67. The monoisotopic (exact) mass is 299 g/mol. The lowest BCUT2D eigenvalue weighted by molar-refractivity contribution is -0.141. The zero-order valence-electron chi connectivity index (χ0n) is 11.3. The average Bonchev–Trinajstić information content (AvgIpc) is 2.37. The fourth-order valence-electron chi connectivity index (χ4n) is 1.50. The number of hydrogen-bond donors (Lipinski definition) is 2. The maximum atomic E-state index is 11.8. The second-order valence-corrected chi connectivity index (χ2v) is 6.60. The van der Waals surface area contributed by atoms with Crippen molar-refractivity contribution in [2.24, 2.45) is 5.92 Å². The van der Waals surface area contributed by atoms with Crippen molar-refractivity contribution in [1.82, 2.24) is 5.32 Å². The molecule has 0 spiro atoms. The highest BCUT2D eigenvalue weighted by molar-refractivity contribution is 7.90. The van der Waals surface area contributed by atoms with Crippen molar-refractivity contribution in [3.8, 4) is 0 Å². The van der Waals surface area contributed by atoms with E-state index in [0.29, 0.717) is 6.42 Å². The summed E-state index contributed by atoms with van der Waals surface area (Å²) in [6.45, 7) is 1.77. The first kappa shape index (κ1) is 16.2. The summed E-state index contributed by atoms with van der Waals surface area (Å²) >= 11 is 0. The molecule has 1 aromatic rings. The largest absolute Gasteiger partial charge is 0.481 e. The van der Waals surface area contributed by atoms with Gasteiger partial charge in [-0.15, -0.1) is 0 Å². The second kappa shape index (κ2) is 6.51. The Hall–Kier alpha value is -1.89. The minimum atomic E-state index is -3.36. The molecule has 7 heteroatoms.